The van der Waals surface area contributed by atoms with Crippen molar-refractivity contribution >= 4 is 57.5 Å². The highest BCUT2D eigenvalue weighted by Gasteiger charge is 2.40. The molecular weight excluding hydrogens is 1230 g/mol. The van der Waals surface area contributed by atoms with E-state index in [0.717, 1.165) is 121 Å². The Hall–Kier alpha value is -7.66. The second kappa shape index (κ2) is 27.6. The second-order valence-electron chi connectivity index (χ2n) is 28.4. The summed E-state index contributed by atoms with van der Waals surface area (Å²) in [6.07, 6.45) is 20.1. The molecule has 2 aromatic carbocycles. The Morgan fingerprint density at radius 2 is 0.979 bits per heavy atom. The zero-order valence-corrected chi connectivity index (χ0v) is 57.7. The van der Waals surface area contributed by atoms with E-state index in [1.807, 2.05) is 93.8 Å². The Labute approximate surface area is 557 Å². The first-order valence-electron chi connectivity index (χ1n) is 32.8. The maximum atomic E-state index is 14.3. The van der Waals surface area contributed by atoms with Crippen molar-refractivity contribution in [2.45, 2.75) is 196 Å². The van der Waals surface area contributed by atoms with Gasteiger partial charge in [0.2, 0.25) is 0 Å². The Kier molecular flexibility index (Phi) is 19.9. The number of carbonyl (C=O) groups is 2. The monoisotopic (exact) mass is 1320 g/mol. The molecule has 0 radical (unpaired) electrons. The maximum Gasteiger partial charge on any atom is 0.337 e. The van der Waals surface area contributed by atoms with Gasteiger partial charge in [0.05, 0.1) is 34.5 Å². The Morgan fingerprint density at radius 3 is 1.34 bits per heavy atom. The summed E-state index contributed by atoms with van der Waals surface area (Å²) in [5.41, 5.74) is 5.45. The third-order valence-corrected chi connectivity index (χ3v) is 20.2. The average Bonchev–Trinajstić information content (AvgIpc) is 1.46. The molecule has 12 heterocycles. The van der Waals surface area contributed by atoms with Gasteiger partial charge in [-0.2, -0.15) is 19.2 Å². The number of carboxylic acids is 2. The lowest BCUT2D eigenvalue weighted by atomic mass is 9.76. The largest absolute Gasteiger partial charge is 0.490 e. The summed E-state index contributed by atoms with van der Waals surface area (Å²) in [4.78, 5) is 51.2. The van der Waals surface area contributed by atoms with Crippen LogP contribution >= 0.6 is 22.7 Å². The summed E-state index contributed by atoms with van der Waals surface area (Å²) in [6, 6.07) is 13.2. The van der Waals surface area contributed by atoms with Gasteiger partial charge in [0, 0.05) is 110 Å². The number of fused-ring (bicyclic) bond motifs is 14. The van der Waals surface area contributed by atoms with Gasteiger partial charge >= 0.3 is 11.9 Å². The molecule has 0 amide bonds. The fraction of sp³-hybridized carbons (Fsp3) is 0.500. The highest BCUT2D eigenvalue weighted by atomic mass is 32.1. The quantitative estimate of drug-likeness (QED) is 0.149. The number of benzene rings is 2. The molecule has 6 aliphatic heterocycles. The van der Waals surface area contributed by atoms with E-state index in [4.69, 9.17) is 49.1 Å². The van der Waals surface area contributed by atoms with Crippen molar-refractivity contribution in [1.29, 1.82) is 0 Å². The second-order valence-corrected chi connectivity index (χ2v) is 30.7. The van der Waals surface area contributed by atoms with E-state index < -0.39 is 35.3 Å². The third-order valence-electron chi connectivity index (χ3n) is 18.2. The molecule has 14 rings (SSSR count). The van der Waals surface area contributed by atoms with Crippen LogP contribution in [0.15, 0.2) is 85.2 Å². The molecule has 8 aromatic rings. The number of hydrogen-bond donors (Lipinski definition) is 2. The Morgan fingerprint density at radius 1 is 0.596 bits per heavy atom. The Bertz CT molecular complexity index is 3860. The van der Waals surface area contributed by atoms with Crippen LogP contribution in [0.25, 0.3) is 32.7 Å². The van der Waals surface area contributed by atoms with Crippen LogP contribution in [0.5, 0.6) is 11.5 Å². The smallest absolute Gasteiger partial charge is 0.337 e. The fourth-order valence-corrected chi connectivity index (χ4v) is 14.8. The first-order chi connectivity index (χ1) is 44.6. The van der Waals surface area contributed by atoms with Crippen LogP contribution in [0.4, 0.5) is 20.4 Å². The number of thiazole rings is 2. The van der Waals surface area contributed by atoms with E-state index in [1.165, 1.54) is 46.9 Å². The normalized spacial score (nSPS) is 22.0. The summed E-state index contributed by atoms with van der Waals surface area (Å²) in [6.45, 7) is 26.6. The molecule has 6 aromatic heterocycles. The Balaban J connectivity index is 0.000000192. The molecule has 12 bridgehead atoms. The van der Waals surface area contributed by atoms with E-state index in [-0.39, 0.29) is 34.7 Å². The van der Waals surface area contributed by atoms with Crippen molar-refractivity contribution in [2.24, 2.45) is 10.8 Å². The van der Waals surface area contributed by atoms with Gasteiger partial charge in [-0.1, -0.05) is 50.3 Å². The lowest BCUT2D eigenvalue weighted by Crippen LogP contribution is -2.41. The minimum absolute atomic E-state index is 0.106. The highest BCUT2D eigenvalue weighted by Crippen LogP contribution is 2.45. The number of carboxylic acid groups (broad SMARTS) is 2. The van der Waals surface area contributed by atoms with Crippen LogP contribution in [-0.4, -0.2) is 111 Å². The molecule has 2 fully saturated rings. The molecule has 0 aliphatic carbocycles. The molecule has 0 saturated carbocycles. The SMILES string of the molecule is Cc1nc2cc3nn2c(c1[C@H](OC(C)(C)C)C(=O)O)N1CCC(C)(CC/C=C/C[C@@H](C)Oc2cc(F)ccc2Cc2cnc-3s2)CC1.Cc1nc2cc3nn2c(c1[C@H](OC(C)(C)C)C(=O)O)N1CCC(C)(CC/C=C\C[C@@H](C)Oc2cc(F)ccc2Cc2cnc-3s2)CC1. The van der Waals surface area contributed by atoms with E-state index in [1.54, 1.807) is 21.2 Å². The van der Waals surface area contributed by atoms with E-state index in [9.17, 15) is 28.6 Å². The first-order valence-corrected chi connectivity index (χ1v) is 34.4. The van der Waals surface area contributed by atoms with Gasteiger partial charge in [-0.15, -0.1) is 22.7 Å². The summed E-state index contributed by atoms with van der Waals surface area (Å²) in [5, 5.41) is 32.4. The summed E-state index contributed by atoms with van der Waals surface area (Å²) in [7, 11) is 0. The van der Waals surface area contributed by atoms with Crippen molar-refractivity contribution < 1.29 is 47.5 Å². The van der Waals surface area contributed by atoms with Gasteiger partial charge in [-0.25, -0.2) is 38.3 Å². The standard InChI is InChI=1S/2C36H44FN5O4S/c2*1-22-10-8-7-9-13-36(6)14-16-41(17-15-36)33-30(31(34(43)44)46-35(3,4)5)23(2)39-29-20-27(40-42(29)33)32-38-21-26(47-32)18-24-11-12-25(37)19-28(24)45-22/h2*7-8,11-12,19-22,31H,9-10,13-18H2,1-6H3,(H,43,44)/b8-7+;8-7-/t2*22-,31+/m11/s1. The molecule has 18 nitrogen and oxygen atoms in total. The van der Waals surface area contributed by atoms with Gasteiger partial charge in [-0.3, -0.25) is 0 Å². The van der Waals surface area contributed by atoms with Crippen LogP contribution in [0, 0.1) is 36.3 Å². The lowest BCUT2D eigenvalue weighted by molar-refractivity contribution is -0.161. The number of halogens is 2. The molecule has 2 N–H and O–H groups in total. The minimum Gasteiger partial charge on any atom is -0.490 e. The lowest BCUT2D eigenvalue weighted by Gasteiger charge is -2.41. The number of aliphatic carboxylic acids is 2. The molecule has 94 heavy (non-hydrogen) atoms. The maximum absolute atomic E-state index is 14.3. The zero-order chi connectivity index (χ0) is 67.0. The van der Waals surface area contributed by atoms with Gasteiger partial charge in [0.1, 0.15) is 56.2 Å². The van der Waals surface area contributed by atoms with Crippen molar-refractivity contribution in [1.82, 2.24) is 39.2 Å². The molecule has 0 unspecified atom stereocenters. The first kappa shape index (κ1) is 67.7. The average molecular weight is 1320 g/mol. The predicted molar refractivity (Wildman–Crippen MR) is 364 cm³/mol. The summed E-state index contributed by atoms with van der Waals surface area (Å²) >= 11 is 3.02. The van der Waals surface area contributed by atoms with Crippen molar-refractivity contribution in [3.8, 4) is 32.9 Å². The van der Waals surface area contributed by atoms with Crippen LogP contribution in [0.1, 0.15) is 189 Å². The van der Waals surface area contributed by atoms with Crippen LogP contribution < -0.4 is 19.3 Å². The molecule has 22 heteroatoms. The summed E-state index contributed by atoms with van der Waals surface area (Å²) < 4.78 is 57.0. The van der Waals surface area contributed by atoms with Crippen molar-refractivity contribution in [3.05, 3.63) is 140 Å². The number of aromatic nitrogens is 8. The predicted octanol–water partition coefficient (Wildman–Crippen LogP) is 15.9. The number of rotatable bonds is 6. The summed E-state index contributed by atoms with van der Waals surface area (Å²) in [5.74, 6) is -0.285. The molecular formula is C72H88F2N10O8S2. The van der Waals surface area contributed by atoms with Gasteiger partial charge in [0.25, 0.3) is 0 Å². The molecule has 2 saturated heterocycles. The van der Waals surface area contributed by atoms with Gasteiger partial charge in [-0.05, 0) is 155 Å². The van der Waals surface area contributed by atoms with Gasteiger partial charge < -0.3 is 39.0 Å². The van der Waals surface area contributed by atoms with E-state index in [0.29, 0.717) is 81.2 Å². The van der Waals surface area contributed by atoms with Crippen LogP contribution in [0.2, 0.25) is 0 Å². The fourth-order valence-electron chi connectivity index (χ4n) is 13.0. The molecule has 6 aliphatic rings. The third kappa shape index (κ3) is 15.8. The number of nitrogens with zero attached hydrogens (tertiary/aromatic N) is 10. The van der Waals surface area contributed by atoms with E-state index >= 15 is 0 Å². The van der Waals surface area contributed by atoms with Crippen LogP contribution in [0.3, 0.4) is 0 Å². The van der Waals surface area contributed by atoms with E-state index in [2.05, 4.69) is 48.0 Å². The number of aryl methyl sites for hydroxylation is 2. The van der Waals surface area contributed by atoms with Crippen molar-refractivity contribution in [2.75, 3.05) is 36.0 Å². The molecule has 500 valence electrons. The number of anilines is 2. The number of ether oxygens (including phenoxy) is 4. The number of hydrogen-bond acceptors (Lipinski definition) is 16. The van der Waals surface area contributed by atoms with Crippen molar-refractivity contribution in [3.63, 3.8) is 0 Å². The van der Waals surface area contributed by atoms with Crippen LogP contribution in [-0.2, 0) is 31.9 Å². The topological polar surface area (TPSA) is 204 Å². The number of allylic oxidation sites excluding steroid dienone is 2. The number of piperidine rings is 2. The highest BCUT2D eigenvalue weighted by molar-refractivity contribution is 7.15. The van der Waals surface area contributed by atoms with Gasteiger partial charge in [0.15, 0.2) is 23.5 Å². The minimum atomic E-state index is -1.22. The molecule has 4 atom stereocenters. The molecule has 0 spiro atoms. The zero-order valence-electron chi connectivity index (χ0n) is 56.1.